The van der Waals surface area contributed by atoms with Gasteiger partial charge in [0, 0.05) is 42.4 Å². The molecule has 20 heavy (non-hydrogen) atoms. The van der Waals surface area contributed by atoms with Crippen LogP contribution in [0.4, 0.5) is 5.69 Å². The van der Waals surface area contributed by atoms with Crippen LogP contribution in [0.25, 0.3) is 0 Å². The maximum absolute atomic E-state index is 3.61. The normalized spacial score (nSPS) is 23.1. The van der Waals surface area contributed by atoms with Crippen molar-refractivity contribution in [2.45, 2.75) is 50.9 Å². The molecule has 1 saturated carbocycles. The second kappa shape index (κ2) is 6.40. The van der Waals surface area contributed by atoms with Crippen molar-refractivity contribution in [1.82, 2.24) is 5.32 Å². The Morgan fingerprint density at radius 3 is 2.90 bits per heavy atom. The van der Waals surface area contributed by atoms with Crippen LogP contribution in [0, 0.1) is 6.92 Å². The number of thioether (sulfide) groups is 1. The Hall–Kier alpha value is -0.670. The van der Waals surface area contributed by atoms with E-state index in [1.165, 1.54) is 54.9 Å². The summed E-state index contributed by atoms with van der Waals surface area (Å²) in [6, 6.07) is 7.81. The SMILES string of the molecule is CCC1CN(c2ccc(CNC3CC3)c(C)c2)CCS1. The third-order valence-electron chi connectivity index (χ3n) is 4.44. The first-order valence-corrected chi connectivity index (χ1v) is 9.00. The summed E-state index contributed by atoms with van der Waals surface area (Å²) >= 11 is 2.14. The van der Waals surface area contributed by atoms with E-state index in [0.717, 1.165) is 17.8 Å². The van der Waals surface area contributed by atoms with Crippen molar-refractivity contribution in [3.63, 3.8) is 0 Å². The lowest BCUT2D eigenvalue weighted by atomic mass is 10.1. The predicted molar refractivity (Wildman–Crippen MR) is 89.8 cm³/mol. The van der Waals surface area contributed by atoms with Gasteiger partial charge in [0.05, 0.1) is 0 Å². The Kier molecular flexibility index (Phi) is 4.57. The molecule has 3 rings (SSSR count). The maximum Gasteiger partial charge on any atom is 0.0369 e. The lowest BCUT2D eigenvalue weighted by Gasteiger charge is -2.34. The Morgan fingerprint density at radius 2 is 2.20 bits per heavy atom. The van der Waals surface area contributed by atoms with Crippen molar-refractivity contribution in [3.8, 4) is 0 Å². The first kappa shape index (κ1) is 14.3. The molecule has 1 aromatic carbocycles. The van der Waals surface area contributed by atoms with E-state index in [1.54, 1.807) is 0 Å². The van der Waals surface area contributed by atoms with Gasteiger partial charge in [0.15, 0.2) is 0 Å². The summed E-state index contributed by atoms with van der Waals surface area (Å²) in [5.74, 6) is 1.27. The van der Waals surface area contributed by atoms with Gasteiger partial charge < -0.3 is 10.2 Å². The van der Waals surface area contributed by atoms with Crippen LogP contribution in [-0.2, 0) is 6.54 Å². The molecule has 3 heteroatoms. The Bertz CT molecular complexity index is 456. The number of benzene rings is 1. The van der Waals surface area contributed by atoms with Gasteiger partial charge in [-0.2, -0.15) is 11.8 Å². The molecule has 110 valence electrons. The molecule has 0 radical (unpaired) electrons. The zero-order valence-electron chi connectivity index (χ0n) is 12.7. The summed E-state index contributed by atoms with van der Waals surface area (Å²) in [5.41, 5.74) is 4.30. The summed E-state index contributed by atoms with van der Waals surface area (Å²) in [6.07, 6.45) is 4.01. The largest absolute Gasteiger partial charge is 0.370 e. The van der Waals surface area contributed by atoms with E-state index in [4.69, 9.17) is 0 Å². The van der Waals surface area contributed by atoms with Crippen molar-refractivity contribution in [2.75, 3.05) is 23.7 Å². The van der Waals surface area contributed by atoms with E-state index in [1.807, 2.05) is 0 Å². The molecule has 1 aromatic rings. The second-order valence-corrected chi connectivity index (χ2v) is 7.52. The molecule has 0 bridgehead atoms. The lowest BCUT2D eigenvalue weighted by Crippen LogP contribution is -2.37. The third kappa shape index (κ3) is 3.50. The fraction of sp³-hybridized carbons (Fsp3) is 0.647. The van der Waals surface area contributed by atoms with E-state index in [9.17, 15) is 0 Å². The number of aryl methyl sites for hydroxylation is 1. The van der Waals surface area contributed by atoms with Gasteiger partial charge in [0.2, 0.25) is 0 Å². The van der Waals surface area contributed by atoms with Gasteiger partial charge in [0.25, 0.3) is 0 Å². The minimum Gasteiger partial charge on any atom is -0.370 e. The van der Waals surface area contributed by atoms with Crippen molar-refractivity contribution in [3.05, 3.63) is 29.3 Å². The predicted octanol–water partition coefficient (Wildman–Crippen LogP) is 3.58. The molecule has 1 aliphatic heterocycles. The second-order valence-electron chi connectivity index (χ2n) is 6.11. The lowest BCUT2D eigenvalue weighted by molar-refractivity contribution is 0.684. The van der Waals surface area contributed by atoms with E-state index < -0.39 is 0 Å². The van der Waals surface area contributed by atoms with Gasteiger partial charge in [-0.05, 0) is 49.4 Å². The molecule has 0 amide bonds. The first-order valence-electron chi connectivity index (χ1n) is 7.95. The molecule has 1 heterocycles. The van der Waals surface area contributed by atoms with Crippen molar-refractivity contribution >= 4 is 17.4 Å². The highest BCUT2D eigenvalue weighted by Crippen LogP contribution is 2.27. The van der Waals surface area contributed by atoms with E-state index in [-0.39, 0.29) is 0 Å². The smallest absolute Gasteiger partial charge is 0.0369 e. The Morgan fingerprint density at radius 1 is 1.35 bits per heavy atom. The third-order valence-corrected chi connectivity index (χ3v) is 5.82. The van der Waals surface area contributed by atoms with Gasteiger partial charge in [0.1, 0.15) is 0 Å². The summed E-state index contributed by atoms with van der Waals surface area (Å²) in [4.78, 5) is 2.57. The molecule has 1 N–H and O–H groups in total. The van der Waals surface area contributed by atoms with Crippen LogP contribution in [0.5, 0.6) is 0 Å². The van der Waals surface area contributed by atoms with Gasteiger partial charge in [-0.25, -0.2) is 0 Å². The van der Waals surface area contributed by atoms with Gasteiger partial charge in [-0.3, -0.25) is 0 Å². The quantitative estimate of drug-likeness (QED) is 0.892. The minimum absolute atomic E-state index is 0.790. The van der Waals surface area contributed by atoms with Gasteiger partial charge in [-0.15, -0.1) is 0 Å². The standard InChI is InChI=1S/C17H26N2S/c1-3-17-12-19(8-9-20-17)16-7-4-14(13(2)10-16)11-18-15-5-6-15/h4,7,10,15,17-18H,3,5-6,8-9,11-12H2,1-2H3. The molecule has 2 aliphatic rings. The molecule has 2 fully saturated rings. The van der Waals surface area contributed by atoms with Crippen LogP contribution < -0.4 is 10.2 Å². The number of rotatable bonds is 5. The highest BCUT2D eigenvalue weighted by atomic mass is 32.2. The minimum atomic E-state index is 0.790. The fourth-order valence-corrected chi connectivity index (χ4v) is 4.00. The van der Waals surface area contributed by atoms with Crippen LogP contribution in [0.3, 0.4) is 0 Å². The summed E-state index contributed by atoms with van der Waals surface area (Å²) < 4.78 is 0. The highest BCUT2D eigenvalue weighted by Gasteiger charge is 2.21. The van der Waals surface area contributed by atoms with Crippen LogP contribution in [0.1, 0.15) is 37.3 Å². The number of hydrogen-bond acceptors (Lipinski definition) is 3. The highest BCUT2D eigenvalue weighted by molar-refractivity contribution is 8.00. The topological polar surface area (TPSA) is 15.3 Å². The monoisotopic (exact) mass is 290 g/mol. The molecular weight excluding hydrogens is 264 g/mol. The number of nitrogens with one attached hydrogen (secondary N) is 1. The van der Waals surface area contributed by atoms with Crippen molar-refractivity contribution < 1.29 is 0 Å². The molecule has 2 nitrogen and oxygen atoms in total. The Labute approximate surface area is 127 Å². The van der Waals surface area contributed by atoms with Crippen molar-refractivity contribution in [1.29, 1.82) is 0 Å². The molecule has 1 aliphatic carbocycles. The molecule has 1 unspecified atom stereocenters. The first-order chi connectivity index (χ1) is 9.76. The van der Waals surface area contributed by atoms with E-state index in [2.05, 4.69) is 54.0 Å². The van der Waals surface area contributed by atoms with Crippen LogP contribution in [0.15, 0.2) is 18.2 Å². The zero-order valence-corrected chi connectivity index (χ0v) is 13.5. The van der Waals surface area contributed by atoms with E-state index in [0.29, 0.717) is 0 Å². The molecule has 1 atom stereocenters. The average Bonchev–Trinajstić information content (AvgIpc) is 3.30. The summed E-state index contributed by atoms with van der Waals surface area (Å²) in [6.45, 7) is 7.99. The number of nitrogens with zero attached hydrogens (tertiary/aromatic N) is 1. The zero-order chi connectivity index (χ0) is 13.9. The summed E-state index contributed by atoms with van der Waals surface area (Å²) in [5, 5.41) is 4.42. The molecule has 0 spiro atoms. The molecule has 0 aromatic heterocycles. The average molecular weight is 290 g/mol. The molecule has 1 saturated heterocycles. The van der Waals surface area contributed by atoms with Crippen molar-refractivity contribution in [2.24, 2.45) is 0 Å². The molecular formula is C17H26N2S. The number of hydrogen-bond donors (Lipinski definition) is 1. The van der Waals surface area contributed by atoms with Crippen LogP contribution >= 0.6 is 11.8 Å². The van der Waals surface area contributed by atoms with Crippen LogP contribution in [-0.4, -0.2) is 30.1 Å². The Balaban J connectivity index is 1.65. The van der Waals surface area contributed by atoms with Crippen LogP contribution in [0.2, 0.25) is 0 Å². The maximum atomic E-state index is 3.61. The summed E-state index contributed by atoms with van der Waals surface area (Å²) in [7, 11) is 0. The fourth-order valence-electron chi connectivity index (χ4n) is 2.82. The van der Waals surface area contributed by atoms with Gasteiger partial charge >= 0.3 is 0 Å². The van der Waals surface area contributed by atoms with Gasteiger partial charge in [-0.1, -0.05) is 13.0 Å². The number of anilines is 1. The van der Waals surface area contributed by atoms with E-state index >= 15 is 0 Å².